The van der Waals surface area contributed by atoms with Crippen LogP contribution in [-0.4, -0.2) is 34.8 Å². The standard InChI is InChI=1S/C24H29N3O3/c1-3-30-23(29)27(2)19-13-25-22(26-14-19)18-4-5-21(28)20(9-18)24-10-15-6-16(11-24)8-17(7-15)12-24/h4-5,9,13-17,28H,3,6-8,10-12H2,1-2H3. The van der Waals surface area contributed by atoms with Crippen molar-refractivity contribution in [3.63, 3.8) is 0 Å². The second kappa shape index (κ2) is 7.25. The molecule has 0 radical (unpaired) electrons. The fourth-order valence-electron chi connectivity index (χ4n) is 6.51. The average molecular weight is 408 g/mol. The summed E-state index contributed by atoms with van der Waals surface area (Å²) in [7, 11) is 1.64. The molecule has 1 heterocycles. The first kappa shape index (κ1) is 19.3. The summed E-state index contributed by atoms with van der Waals surface area (Å²) in [4.78, 5) is 22.3. The maximum atomic E-state index is 11.9. The third-order valence-electron chi connectivity index (χ3n) is 7.43. The van der Waals surface area contributed by atoms with Crippen molar-refractivity contribution in [2.45, 2.75) is 50.9 Å². The van der Waals surface area contributed by atoms with E-state index in [1.165, 1.54) is 43.4 Å². The highest BCUT2D eigenvalue weighted by molar-refractivity contribution is 5.86. The molecule has 0 atom stereocenters. The molecule has 0 spiro atoms. The predicted molar refractivity (Wildman–Crippen MR) is 114 cm³/mol. The van der Waals surface area contributed by atoms with Gasteiger partial charge in [-0.25, -0.2) is 14.8 Å². The zero-order valence-corrected chi connectivity index (χ0v) is 17.7. The van der Waals surface area contributed by atoms with Crippen molar-refractivity contribution in [2.75, 3.05) is 18.6 Å². The van der Waals surface area contributed by atoms with E-state index < -0.39 is 6.09 Å². The maximum absolute atomic E-state index is 11.9. The Morgan fingerprint density at radius 3 is 2.30 bits per heavy atom. The van der Waals surface area contributed by atoms with Crippen LogP contribution < -0.4 is 4.90 Å². The largest absolute Gasteiger partial charge is 0.508 e. The maximum Gasteiger partial charge on any atom is 0.414 e. The van der Waals surface area contributed by atoms with Gasteiger partial charge in [-0.3, -0.25) is 4.90 Å². The minimum Gasteiger partial charge on any atom is -0.508 e. The van der Waals surface area contributed by atoms with Gasteiger partial charge < -0.3 is 9.84 Å². The number of hydrogen-bond acceptors (Lipinski definition) is 5. The molecule has 4 aliphatic rings. The van der Waals surface area contributed by atoms with Crippen LogP contribution in [0.4, 0.5) is 10.5 Å². The monoisotopic (exact) mass is 407 g/mol. The van der Waals surface area contributed by atoms with Crippen molar-refractivity contribution in [1.29, 1.82) is 0 Å². The lowest BCUT2D eigenvalue weighted by Crippen LogP contribution is -2.48. The first-order valence-corrected chi connectivity index (χ1v) is 11.0. The van der Waals surface area contributed by atoms with E-state index >= 15 is 0 Å². The van der Waals surface area contributed by atoms with Crippen LogP contribution in [-0.2, 0) is 10.2 Å². The molecule has 1 aromatic heterocycles. The zero-order valence-electron chi connectivity index (χ0n) is 17.7. The van der Waals surface area contributed by atoms with E-state index in [1.807, 2.05) is 6.07 Å². The first-order valence-electron chi connectivity index (χ1n) is 11.0. The van der Waals surface area contributed by atoms with Gasteiger partial charge in [0.25, 0.3) is 0 Å². The summed E-state index contributed by atoms with van der Waals surface area (Å²) < 4.78 is 5.02. The van der Waals surface area contributed by atoms with E-state index in [-0.39, 0.29) is 5.41 Å². The molecule has 4 fully saturated rings. The van der Waals surface area contributed by atoms with Crippen LogP contribution >= 0.6 is 0 Å². The van der Waals surface area contributed by atoms with Crippen LogP contribution in [0.1, 0.15) is 51.0 Å². The second-order valence-corrected chi connectivity index (χ2v) is 9.45. The predicted octanol–water partition coefficient (Wildman–Crippen LogP) is 4.91. The summed E-state index contributed by atoms with van der Waals surface area (Å²) in [5.74, 6) is 3.44. The van der Waals surface area contributed by atoms with E-state index in [0.29, 0.717) is 23.9 Å². The Morgan fingerprint density at radius 1 is 1.13 bits per heavy atom. The molecule has 1 amide bonds. The Labute approximate surface area is 177 Å². The molecule has 4 aliphatic carbocycles. The molecule has 4 saturated carbocycles. The van der Waals surface area contributed by atoms with Crippen molar-refractivity contribution in [3.8, 4) is 17.1 Å². The van der Waals surface area contributed by atoms with Gasteiger partial charge in [0, 0.05) is 18.2 Å². The van der Waals surface area contributed by atoms with Crippen molar-refractivity contribution in [2.24, 2.45) is 17.8 Å². The minimum absolute atomic E-state index is 0.110. The molecule has 0 unspecified atom stereocenters. The molecule has 30 heavy (non-hydrogen) atoms. The number of amides is 1. The lowest BCUT2D eigenvalue weighted by Gasteiger charge is -2.57. The smallest absolute Gasteiger partial charge is 0.414 e. The molecule has 1 aromatic carbocycles. The van der Waals surface area contributed by atoms with Gasteiger partial charge in [0.1, 0.15) is 5.75 Å². The number of phenols is 1. The number of ether oxygens (including phenoxy) is 1. The summed E-state index contributed by atoms with van der Waals surface area (Å²) in [6.07, 6.45) is 10.5. The quantitative estimate of drug-likeness (QED) is 0.779. The Bertz CT molecular complexity index is 921. The van der Waals surface area contributed by atoms with Gasteiger partial charge >= 0.3 is 6.09 Å². The molecule has 6 rings (SSSR count). The van der Waals surface area contributed by atoms with E-state index in [9.17, 15) is 9.90 Å². The van der Waals surface area contributed by atoms with Gasteiger partial charge in [-0.15, -0.1) is 0 Å². The zero-order chi connectivity index (χ0) is 20.9. The number of aromatic nitrogens is 2. The van der Waals surface area contributed by atoms with Crippen LogP contribution in [0.5, 0.6) is 5.75 Å². The summed E-state index contributed by atoms with van der Waals surface area (Å²) in [6.45, 7) is 2.10. The summed E-state index contributed by atoms with van der Waals surface area (Å²) in [5.41, 5.74) is 2.68. The highest BCUT2D eigenvalue weighted by Crippen LogP contribution is 2.62. The normalized spacial score (nSPS) is 29.1. The summed E-state index contributed by atoms with van der Waals surface area (Å²) in [5, 5.41) is 10.8. The van der Waals surface area contributed by atoms with Crippen LogP contribution in [0.2, 0.25) is 0 Å². The number of phenolic OH excluding ortho intramolecular Hbond substituents is 1. The SMILES string of the molecule is CCOC(=O)N(C)c1cnc(-c2ccc(O)c(C34CC5CC(CC(C5)C3)C4)c2)nc1. The summed E-state index contributed by atoms with van der Waals surface area (Å²) >= 11 is 0. The molecule has 0 aliphatic heterocycles. The topological polar surface area (TPSA) is 75.5 Å². The lowest BCUT2D eigenvalue weighted by molar-refractivity contribution is -0.00611. The Kier molecular flexibility index (Phi) is 4.68. The number of hydrogen-bond donors (Lipinski definition) is 1. The minimum atomic E-state index is -0.428. The van der Waals surface area contributed by atoms with Crippen LogP contribution in [0.25, 0.3) is 11.4 Å². The Morgan fingerprint density at radius 2 is 1.73 bits per heavy atom. The first-order chi connectivity index (χ1) is 14.5. The fraction of sp³-hybridized carbons (Fsp3) is 0.542. The Hall–Kier alpha value is -2.63. The molecular weight excluding hydrogens is 378 g/mol. The van der Waals surface area contributed by atoms with Crippen LogP contribution in [0.15, 0.2) is 30.6 Å². The Balaban J connectivity index is 1.44. The number of anilines is 1. The summed E-state index contributed by atoms with van der Waals surface area (Å²) in [6, 6.07) is 5.78. The molecule has 1 N–H and O–H groups in total. The number of carbonyl (C=O) groups excluding carboxylic acids is 1. The van der Waals surface area contributed by atoms with E-state index in [0.717, 1.165) is 28.9 Å². The fourth-order valence-corrected chi connectivity index (χ4v) is 6.51. The number of carbonyl (C=O) groups is 1. The van der Waals surface area contributed by atoms with E-state index in [4.69, 9.17) is 4.74 Å². The van der Waals surface area contributed by atoms with Crippen LogP contribution in [0, 0.1) is 17.8 Å². The van der Waals surface area contributed by atoms with Crippen molar-refractivity contribution in [3.05, 3.63) is 36.2 Å². The van der Waals surface area contributed by atoms with Gasteiger partial charge in [-0.1, -0.05) is 0 Å². The number of aromatic hydroxyl groups is 1. The van der Waals surface area contributed by atoms with Gasteiger partial charge in [0.15, 0.2) is 5.82 Å². The lowest BCUT2D eigenvalue weighted by atomic mass is 9.48. The van der Waals surface area contributed by atoms with Gasteiger partial charge in [0.2, 0.25) is 0 Å². The van der Waals surface area contributed by atoms with Gasteiger partial charge in [-0.2, -0.15) is 0 Å². The van der Waals surface area contributed by atoms with E-state index in [2.05, 4.69) is 16.0 Å². The van der Waals surface area contributed by atoms with Gasteiger partial charge in [-0.05, 0) is 86.8 Å². The molecule has 6 nitrogen and oxygen atoms in total. The number of rotatable bonds is 4. The number of nitrogens with zero attached hydrogens (tertiary/aromatic N) is 3. The molecule has 158 valence electrons. The van der Waals surface area contributed by atoms with Crippen LogP contribution in [0.3, 0.4) is 0 Å². The van der Waals surface area contributed by atoms with Crippen molar-refractivity contribution in [1.82, 2.24) is 9.97 Å². The highest BCUT2D eigenvalue weighted by Gasteiger charge is 2.52. The van der Waals surface area contributed by atoms with E-state index in [1.54, 1.807) is 32.4 Å². The molecular formula is C24H29N3O3. The average Bonchev–Trinajstić information content (AvgIpc) is 2.73. The second-order valence-electron chi connectivity index (χ2n) is 9.45. The number of benzene rings is 1. The molecule has 6 heteroatoms. The molecule has 4 bridgehead atoms. The highest BCUT2D eigenvalue weighted by atomic mass is 16.6. The van der Waals surface area contributed by atoms with Crippen molar-refractivity contribution >= 4 is 11.8 Å². The third kappa shape index (κ3) is 3.22. The third-order valence-corrected chi connectivity index (χ3v) is 7.43. The van der Waals surface area contributed by atoms with Gasteiger partial charge in [0.05, 0.1) is 24.7 Å². The molecule has 0 saturated heterocycles. The van der Waals surface area contributed by atoms with Crippen molar-refractivity contribution < 1.29 is 14.6 Å². The molecule has 2 aromatic rings.